The molecular weight excluding hydrogens is 389 g/mol. The van der Waals surface area contributed by atoms with E-state index in [4.69, 9.17) is 23.2 Å². The molecule has 0 bridgehead atoms. The molecule has 1 amide bonds. The van der Waals surface area contributed by atoms with Gasteiger partial charge < -0.3 is 0 Å². The lowest BCUT2D eigenvalue weighted by Gasteiger charge is -2.04. The van der Waals surface area contributed by atoms with Crippen LogP contribution in [0.3, 0.4) is 0 Å². The van der Waals surface area contributed by atoms with Crippen LogP contribution in [0.25, 0.3) is 22.0 Å². The highest BCUT2D eigenvalue weighted by atomic mass is 35.5. The molecule has 2 aromatic carbocycles. The fraction of sp³-hybridized carbons (Fsp3) is 0. The summed E-state index contributed by atoms with van der Waals surface area (Å²) in [5.74, 6) is -0.338. The third kappa shape index (κ3) is 3.29. The van der Waals surface area contributed by atoms with Gasteiger partial charge in [-0.2, -0.15) is 0 Å². The number of thiazole rings is 1. The number of nitrogens with one attached hydrogen (secondary N) is 1. The molecule has 0 unspecified atom stereocenters. The third-order valence-corrected chi connectivity index (χ3v) is 5.29. The van der Waals surface area contributed by atoms with E-state index in [1.54, 1.807) is 0 Å². The van der Waals surface area contributed by atoms with E-state index in [0.717, 1.165) is 22.0 Å². The van der Waals surface area contributed by atoms with Gasteiger partial charge in [-0.05, 0) is 16.8 Å². The second kappa shape index (κ2) is 7.03. The molecule has 0 aliphatic heterocycles. The molecule has 4 rings (SSSR count). The first-order chi connectivity index (χ1) is 12.6. The molecule has 0 atom stereocenters. The fourth-order valence-corrected chi connectivity index (χ4v) is 3.59. The number of aromatic nitrogens is 2. The third-order valence-electron chi connectivity index (χ3n) is 3.85. The van der Waals surface area contributed by atoms with Crippen LogP contribution in [0.2, 0.25) is 10.2 Å². The highest BCUT2D eigenvalue weighted by Crippen LogP contribution is 2.31. The summed E-state index contributed by atoms with van der Waals surface area (Å²) in [7, 11) is 0. The molecule has 0 saturated heterocycles. The summed E-state index contributed by atoms with van der Waals surface area (Å²) in [6.45, 7) is 0. The van der Waals surface area contributed by atoms with E-state index in [2.05, 4.69) is 33.5 Å². The Morgan fingerprint density at radius 3 is 2.73 bits per heavy atom. The zero-order chi connectivity index (χ0) is 18.1. The molecule has 128 valence electrons. The monoisotopic (exact) mass is 399 g/mol. The lowest BCUT2D eigenvalue weighted by molar-refractivity contribution is 0.102. The molecule has 0 aliphatic rings. The number of nitrogens with zero attached hydrogens (tertiary/aromatic N) is 2. The van der Waals surface area contributed by atoms with Gasteiger partial charge in [-0.25, -0.2) is 9.97 Å². The maximum atomic E-state index is 12.3. The van der Waals surface area contributed by atoms with Gasteiger partial charge in [-0.3, -0.25) is 10.1 Å². The number of anilines is 1. The van der Waals surface area contributed by atoms with Gasteiger partial charge in [0, 0.05) is 17.1 Å². The Morgan fingerprint density at radius 1 is 1.08 bits per heavy atom. The van der Waals surface area contributed by atoms with Gasteiger partial charge in [0.2, 0.25) is 0 Å². The summed E-state index contributed by atoms with van der Waals surface area (Å²) in [6.07, 6.45) is 1.38. The molecule has 4 aromatic rings. The predicted octanol–water partition coefficient (Wildman–Crippen LogP) is 5.92. The minimum Gasteiger partial charge on any atom is -0.298 e. The zero-order valence-corrected chi connectivity index (χ0v) is 15.6. The molecule has 0 radical (unpaired) electrons. The molecule has 2 heterocycles. The minimum atomic E-state index is -0.338. The number of hydrogen-bond acceptors (Lipinski definition) is 4. The van der Waals surface area contributed by atoms with E-state index >= 15 is 0 Å². The van der Waals surface area contributed by atoms with Crippen molar-refractivity contribution < 1.29 is 4.79 Å². The van der Waals surface area contributed by atoms with Crippen LogP contribution in [0.4, 0.5) is 5.13 Å². The van der Waals surface area contributed by atoms with E-state index in [1.165, 1.54) is 23.6 Å². The first-order valence-corrected chi connectivity index (χ1v) is 9.31. The van der Waals surface area contributed by atoms with Crippen molar-refractivity contribution in [3.63, 3.8) is 0 Å². The molecule has 0 aliphatic carbocycles. The number of carbonyl (C=O) groups is 1. The van der Waals surface area contributed by atoms with Gasteiger partial charge in [0.25, 0.3) is 5.91 Å². The second-order valence-corrected chi connectivity index (χ2v) is 7.14. The van der Waals surface area contributed by atoms with Crippen molar-refractivity contribution in [3.8, 4) is 11.3 Å². The number of amides is 1. The number of pyridine rings is 1. The quantitative estimate of drug-likeness (QED) is 0.435. The summed E-state index contributed by atoms with van der Waals surface area (Å²) in [5, 5.41) is 7.85. The zero-order valence-electron chi connectivity index (χ0n) is 13.2. The predicted molar refractivity (Wildman–Crippen MR) is 107 cm³/mol. The highest BCUT2D eigenvalue weighted by Gasteiger charge is 2.13. The Balaban J connectivity index is 1.62. The van der Waals surface area contributed by atoms with Crippen molar-refractivity contribution in [1.82, 2.24) is 9.97 Å². The van der Waals surface area contributed by atoms with Crippen molar-refractivity contribution in [2.24, 2.45) is 0 Å². The van der Waals surface area contributed by atoms with Crippen molar-refractivity contribution >= 4 is 56.3 Å². The van der Waals surface area contributed by atoms with Crippen LogP contribution in [0, 0.1) is 0 Å². The van der Waals surface area contributed by atoms with Crippen LogP contribution in [-0.2, 0) is 0 Å². The van der Waals surface area contributed by atoms with Gasteiger partial charge in [0.15, 0.2) is 5.13 Å². The van der Waals surface area contributed by atoms with Crippen LogP contribution in [-0.4, -0.2) is 15.9 Å². The number of hydrogen-bond donors (Lipinski definition) is 1. The molecule has 7 heteroatoms. The lowest BCUT2D eigenvalue weighted by Crippen LogP contribution is -2.12. The SMILES string of the molecule is O=C(Nc1nc(-c2cccc3ccccc23)cs1)c1cnc(Cl)c(Cl)c1. The Kier molecular flexibility index (Phi) is 4.59. The van der Waals surface area contributed by atoms with Crippen LogP contribution in [0.1, 0.15) is 10.4 Å². The Labute approximate surface area is 163 Å². The fourth-order valence-electron chi connectivity index (χ4n) is 2.62. The molecule has 0 saturated carbocycles. The van der Waals surface area contributed by atoms with Crippen molar-refractivity contribution in [2.45, 2.75) is 0 Å². The molecule has 1 N–H and O–H groups in total. The van der Waals surface area contributed by atoms with Crippen molar-refractivity contribution in [1.29, 1.82) is 0 Å². The number of rotatable bonds is 3. The highest BCUT2D eigenvalue weighted by molar-refractivity contribution is 7.14. The number of halogens is 2. The Hall–Kier alpha value is -2.47. The van der Waals surface area contributed by atoms with Gasteiger partial charge in [0.1, 0.15) is 5.15 Å². The first kappa shape index (κ1) is 17.0. The van der Waals surface area contributed by atoms with E-state index in [-0.39, 0.29) is 16.1 Å². The topological polar surface area (TPSA) is 54.9 Å². The summed E-state index contributed by atoms with van der Waals surface area (Å²) >= 11 is 13.1. The first-order valence-electron chi connectivity index (χ1n) is 7.68. The molecule has 4 nitrogen and oxygen atoms in total. The minimum absolute atomic E-state index is 0.163. The number of carbonyl (C=O) groups excluding carboxylic acids is 1. The maximum Gasteiger partial charge on any atom is 0.259 e. The maximum absolute atomic E-state index is 12.3. The molecular formula is C19H11Cl2N3OS. The summed E-state index contributed by atoms with van der Waals surface area (Å²) in [6, 6.07) is 15.7. The van der Waals surface area contributed by atoms with Crippen LogP contribution in [0.15, 0.2) is 60.1 Å². The Morgan fingerprint density at radius 2 is 1.88 bits per heavy atom. The average Bonchev–Trinajstić information content (AvgIpc) is 3.11. The van der Waals surface area contributed by atoms with Crippen molar-refractivity contribution in [3.05, 3.63) is 75.8 Å². The van der Waals surface area contributed by atoms with Gasteiger partial charge in [-0.1, -0.05) is 65.7 Å². The van der Waals surface area contributed by atoms with Crippen molar-refractivity contribution in [2.75, 3.05) is 5.32 Å². The average molecular weight is 400 g/mol. The lowest BCUT2D eigenvalue weighted by atomic mass is 10.0. The van der Waals surface area contributed by atoms with Crippen LogP contribution in [0.5, 0.6) is 0 Å². The smallest absolute Gasteiger partial charge is 0.259 e. The van der Waals surface area contributed by atoms with E-state index in [9.17, 15) is 4.79 Å². The summed E-state index contributed by atoms with van der Waals surface area (Å²) in [5.41, 5.74) is 2.16. The van der Waals surface area contributed by atoms with E-state index < -0.39 is 0 Å². The summed E-state index contributed by atoms with van der Waals surface area (Å²) in [4.78, 5) is 20.8. The van der Waals surface area contributed by atoms with E-state index in [1.807, 2.05) is 29.6 Å². The molecule has 26 heavy (non-hydrogen) atoms. The standard InChI is InChI=1S/C19H11Cl2N3OS/c20-15-8-12(9-22-17(15)21)18(25)24-19-23-16(10-26-19)14-7-3-5-11-4-1-2-6-13(11)14/h1-10H,(H,23,24,25). The van der Waals surface area contributed by atoms with Crippen LogP contribution < -0.4 is 5.32 Å². The molecule has 0 spiro atoms. The van der Waals surface area contributed by atoms with Crippen LogP contribution >= 0.6 is 34.5 Å². The Bertz CT molecular complexity index is 1120. The normalized spacial score (nSPS) is 10.8. The number of fused-ring (bicyclic) bond motifs is 1. The van der Waals surface area contributed by atoms with Gasteiger partial charge >= 0.3 is 0 Å². The van der Waals surface area contributed by atoms with Gasteiger partial charge in [-0.15, -0.1) is 11.3 Å². The molecule has 0 fully saturated rings. The second-order valence-electron chi connectivity index (χ2n) is 5.52. The summed E-state index contributed by atoms with van der Waals surface area (Å²) < 4.78 is 0. The van der Waals surface area contributed by atoms with Gasteiger partial charge in [0.05, 0.1) is 16.3 Å². The largest absolute Gasteiger partial charge is 0.298 e. The number of benzene rings is 2. The van der Waals surface area contributed by atoms with E-state index in [0.29, 0.717) is 10.7 Å². The molecule has 2 aromatic heterocycles.